The van der Waals surface area contributed by atoms with E-state index in [1.54, 1.807) is 4.90 Å². The number of nitrogens with zero attached hydrogens (tertiary/aromatic N) is 1. The molecule has 0 bridgehead atoms. The Labute approximate surface area is 244 Å². The van der Waals surface area contributed by atoms with Gasteiger partial charge in [-0.15, -0.1) is 0 Å². The maximum Gasteiger partial charge on any atom is 0.329 e. The highest BCUT2D eigenvalue weighted by atomic mass is 16.5. The molecule has 0 saturated heterocycles. The molecule has 2 fully saturated rings. The summed E-state index contributed by atoms with van der Waals surface area (Å²) in [7, 11) is 0. The molecule has 0 unspecified atom stereocenters. The Bertz CT molecular complexity index is 1170. The Balaban J connectivity index is 1.61. The molecule has 2 amide bonds. The van der Waals surface area contributed by atoms with E-state index in [0.29, 0.717) is 32.0 Å². The minimum atomic E-state index is -1.28. The van der Waals surface area contributed by atoms with Crippen LogP contribution in [-0.2, 0) is 9.53 Å². The second kappa shape index (κ2) is 12.7. The standard InChI is InChI=1S/C33H46N2O6/c1-7-39-27-18-26(19-28(40-8-2)29(27)25-14-15-25)22(3)35(16-17-41-23(4)24-12-10-9-11-13-24)31(38)34-33(30(36)37)20-32(5,6)21-33/h9-13,18-19,22-23,25H,7-8,14-17,20-21H2,1-6H3,(H,34,38)(H,36,37)/t22-,23+/m1/s1. The van der Waals surface area contributed by atoms with E-state index in [-0.39, 0.29) is 24.7 Å². The van der Waals surface area contributed by atoms with Crippen molar-refractivity contribution < 1.29 is 28.9 Å². The summed E-state index contributed by atoms with van der Waals surface area (Å²) in [4.78, 5) is 27.8. The molecule has 2 N–H and O–H groups in total. The molecule has 41 heavy (non-hydrogen) atoms. The van der Waals surface area contributed by atoms with Gasteiger partial charge in [0, 0.05) is 12.1 Å². The van der Waals surface area contributed by atoms with Crippen molar-refractivity contribution in [2.24, 2.45) is 5.41 Å². The molecule has 8 heteroatoms. The van der Waals surface area contributed by atoms with Gasteiger partial charge in [0.1, 0.15) is 17.0 Å². The number of benzene rings is 2. The van der Waals surface area contributed by atoms with Gasteiger partial charge in [-0.05, 0) is 88.0 Å². The lowest BCUT2D eigenvalue weighted by molar-refractivity contribution is -0.154. The van der Waals surface area contributed by atoms with Gasteiger partial charge in [-0.2, -0.15) is 0 Å². The molecule has 2 aliphatic carbocycles. The fraction of sp³-hybridized carbons (Fsp3) is 0.576. The molecule has 2 aromatic carbocycles. The van der Waals surface area contributed by atoms with Crippen LogP contribution < -0.4 is 14.8 Å². The van der Waals surface area contributed by atoms with Crippen LogP contribution in [0.2, 0.25) is 0 Å². The predicted octanol–water partition coefficient (Wildman–Crippen LogP) is 6.86. The largest absolute Gasteiger partial charge is 0.493 e. The zero-order chi connectivity index (χ0) is 29.8. The van der Waals surface area contributed by atoms with E-state index in [1.165, 1.54) is 0 Å². The number of nitrogens with one attached hydrogen (secondary N) is 1. The summed E-state index contributed by atoms with van der Waals surface area (Å²) in [6.07, 6.45) is 2.82. The lowest BCUT2D eigenvalue weighted by atomic mass is 9.59. The molecule has 0 heterocycles. The molecule has 2 aliphatic rings. The molecule has 4 rings (SSSR count). The van der Waals surface area contributed by atoms with E-state index in [9.17, 15) is 14.7 Å². The SMILES string of the molecule is CCOc1cc([C@@H](C)N(CCO[C@@H](C)c2ccccc2)C(=O)NC2(C(=O)O)CC(C)(C)C2)cc(OCC)c1C1CC1. The first-order valence-corrected chi connectivity index (χ1v) is 14.9. The third-order valence-corrected chi connectivity index (χ3v) is 8.21. The highest BCUT2D eigenvalue weighted by molar-refractivity contribution is 5.87. The van der Waals surface area contributed by atoms with Gasteiger partial charge >= 0.3 is 12.0 Å². The van der Waals surface area contributed by atoms with Gasteiger partial charge < -0.3 is 29.5 Å². The first-order valence-electron chi connectivity index (χ1n) is 14.9. The first-order chi connectivity index (χ1) is 19.5. The van der Waals surface area contributed by atoms with Crippen molar-refractivity contribution in [1.29, 1.82) is 0 Å². The number of carboxylic acid groups (broad SMARTS) is 1. The van der Waals surface area contributed by atoms with Crippen molar-refractivity contribution in [2.45, 2.75) is 90.8 Å². The van der Waals surface area contributed by atoms with Gasteiger partial charge in [0.05, 0.1) is 32.0 Å². The van der Waals surface area contributed by atoms with Crippen LogP contribution >= 0.6 is 0 Å². The first kappa shape index (κ1) is 30.7. The molecular formula is C33H46N2O6. The van der Waals surface area contributed by atoms with Gasteiger partial charge in [0.2, 0.25) is 0 Å². The van der Waals surface area contributed by atoms with Crippen LogP contribution in [0.25, 0.3) is 0 Å². The van der Waals surface area contributed by atoms with Crippen LogP contribution in [0.5, 0.6) is 11.5 Å². The maximum absolute atomic E-state index is 13.9. The molecule has 2 saturated carbocycles. The Morgan fingerprint density at radius 1 is 1.00 bits per heavy atom. The van der Waals surface area contributed by atoms with Crippen molar-refractivity contribution in [3.63, 3.8) is 0 Å². The molecular weight excluding hydrogens is 520 g/mol. The number of carbonyl (C=O) groups is 2. The number of urea groups is 1. The number of carbonyl (C=O) groups excluding carboxylic acids is 1. The summed E-state index contributed by atoms with van der Waals surface area (Å²) in [6.45, 7) is 13.5. The molecule has 0 radical (unpaired) electrons. The summed E-state index contributed by atoms with van der Waals surface area (Å²) in [5.41, 5.74) is 1.59. The van der Waals surface area contributed by atoms with E-state index in [2.05, 4.69) is 5.32 Å². The van der Waals surface area contributed by atoms with Crippen molar-refractivity contribution in [3.8, 4) is 11.5 Å². The number of carboxylic acids is 1. The number of ether oxygens (including phenoxy) is 3. The minimum Gasteiger partial charge on any atom is -0.493 e. The van der Waals surface area contributed by atoms with Crippen LogP contribution in [0.4, 0.5) is 4.79 Å². The predicted molar refractivity (Wildman–Crippen MR) is 159 cm³/mol. The van der Waals surface area contributed by atoms with Crippen LogP contribution in [0.15, 0.2) is 42.5 Å². The van der Waals surface area contributed by atoms with Gasteiger partial charge in [-0.25, -0.2) is 9.59 Å². The summed E-state index contributed by atoms with van der Waals surface area (Å²) >= 11 is 0. The van der Waals surface area contributed by atoms with Crippen LogP contribution in [0, 0.1) is 5.41 Å². The molecule has 0 spiro atoms. The molecule has 2 atom stereocenters. The van der Waals surface area contributed by atoms with Crippen molar-refractivity contribution in [1.82, 2.24) is 10.2 Å². The number of hydrogen-bond acceptors (Lipinski definition) is 5. The second-order valence-corrected chi connectivity index (χ2v) is 12.2. The zero-order valence-electron chi connectivity index (χ0n) is 25.4. The molecule has 224 valence electrons. The van der Waals surface area contributed by atoms with Crippen molar-refractivity contribution in [3.05, 3.63) is 59.2 Å². The van der Waals surface area contributed by atoms with Gasteiger partial charge in [-0.3, -0.25) is 0 Å². The van der Waals surface area contributed by atoms with Gasteiger partial charge in [-0.1, -0.05) is 44.2 Å². The Morgan fingerprint density at radius 2 is 1.59 bits per heavy atom. The highest BCUT2D eigenvalue weighted by Gasteiger charge is 2.56. The average molecular weight is 567 g/mol. The number of rotatable bonds is 14. The average Bonchev–Trinajstić information content (AvgIpc) is 3.75. The van der Waals surface area contributed by atoms with E-state index in [1.807, 2.05) is 84.0 Å². The Hall–Kier alpha value is -3.26. The topological polar surface area (TPSA) is 97.3 Å². The van der Waals surface area contributed by atoms with E-state index < -0.39 is 23.6 Å². The Kier molecular flexibility index (Phi) is 9.52. The Morgan fingerprint density at radius 3 is 2.07 bits per heavy atom. The van der Waals surface area contributed by atoms with Gasteiger partial charge in [0.15, 0.2) is 0 Å². The summed E-state index contributed by atoms with van der Waals surface area (Å²) < 4.78 is 18.3. The fourth-order valence-corrected chi connectivity index (χ4v) is 6.14. The third-order valence-electron chi connectivity index (χ3n) is 8.21. The van der Waals surface area contributed by atoms with Crippen LogP contribution in [0.3, 0.4) is 0 Å². The molecule has 2 aromatic rings. The minimum absolute atomic E-state index is 0.145. The fourth-order valence-electron chi connectivity index (χ4n) is 6.14. The van der Waals surface area contributed by atoms with Crippen LogP contribution in [-0.4, -0.2) is 53.9 Å². The lowest BCUT2D eigenvalue weighted by Crippen LogP contribution is -2.67. The van der Waals surface area contributed by atoms with Crippen molar-refractivity contribution >= 4 is 12.0 Å². The van der Waals surface area contributed by atoms with Crippen LogP contribution in [0.1, 0.15) is 102 Å². The normalized spacial score (nSPS) is 18.5. The summed E-state index contributed by atoms with van der Waals surface area (Å²) in [6, 6.07) is 13.1. The quantitative estimate of drug-likeness (QED) is 0.259. The number of aliphatic carboxylic acids is 1. The number of amides is 2. The summed E-state index contributed by atoms with van der Waals surface area (Å²) in [5.74, 6) is 1.00. The van der Waals surface area contributed by atoms with E-state index >= 15 is 0 Å². The maximum atomic E-state index is 13.9. The highest BCUT2D eigenvalue weighted by Crippen LogP contribution is 2.50. The summed E-state index contributed by atoms with van der Waals surface area (Å²) in [5, 5.41) is 13.0. The molecule has 0 aromatic heterocycles. The van der Waals surface area contributed by atoms with Gasteiger partial charge in [0.25, 0.3) is 0 Å². The monoisotopic (exact) mass is 566 g/mol. The zero-order valence-corrected chi connectivity index (χ0v) is 25.4. The molecule has 0 aliphatic heterocycles. The lowest BCUT2D eigenvalue weighted by Gasteiger charge is -2.51. The third kappa shape index (κ3) is 7.15. The number of hydrogen-bond donors (Lipinski definition) is 2. The van der Waals surface area contributed by atoms with E-state index in [0.717, 1.165) is 41.0 Å². The smallest absolute Gasteiger partial charge is 0.329 e. The van der Waals surface area contributed by atoms with E-state index in [4.69, 9.17) is 14.2 Å². The molecule has 8 nitrogen and oxygen atoms in total. The second-order valence-electron chi connectivity index (χ2n) is 12.2. The van der Waals surface area contributed by atoms with Crippen molar-refractivity contribution in [2.75, 3.05) is 26.4 Å².